The second-order valence-electron chi connectivity index (χ2n) is 4.79. The fourth-order valence-electron chi connectivity index (χ4n) is 2.10. The maximum Gasteiger partial charge on any atom is 0.129 e. The molecule has 5 nitrogen and oxygen atoms in total. The van der Waals surface area contributed by atoms with E-state index in [-0.39, 0.29) is 6.61 Å². The molecule has 0 bridgehead atoms. The normalized spacial score (nSPS) is 10.7. The van der Waals surface area contributed by atoms with Gasteiger partial charge in [0.15, 0.2) is 0 Å². The molecule has 0 saturated heterocycles. The summed E-state index contributed by atoms with van der Waals surface area (Å²) in [7, 11) is 0. The lowest BCUT2D eigenvalue weighted by molar-refractivity contribution is 0.244. The zero-order chi connectivity index (χ0) is 14.5. The maximum atomic E-state index is 8.95. The van der Waals surface area contributed by atoms with Crippen molar-refractivity contribution in [2.45, 2.75) is 19.7 Å². The number of hydrogen-bond acceptors (Lipinski definition) is 4. The van der Waals surface area contributed by atoms with Gasteiger partial charge >= 0.3 is 0 Å². The van der Waals surface area contributed by atoms with Gasteiger partial charge in [-0.05, 0) is 17.7 Å². The molecular formula is C16H17N3O2. The first-order chi connectivity index (χ1) is 10.3. The molecule has 0 atom stereocenters. The molecule has 0 amide bonds. The van der Waals surface area contributed by atoms with E-state index in [2.05, 4.69) is 22.5 Å². The molecule has 0 aliphatic carbocycles. The smallest absolute Gasteiger partial charge is 0.129 e. The van der Waals surface area contributed by atoms with E-state index in [1.807, 2.05) is 35.1 Å². The van der Waals surface area contributed by atoms with Crippen LogP contribution in [0.5, 0.6) is 0 Å². The molecule has 0 saturated carbocycles. The maximum absolute atomic E-state index is 8.95. The highest BCUT2D eigenvalue weighted by atomic mass is 16.4. The van der Waals surface area contributed by atoms with Gasteiger partial charge in [0.2, 0.25) is 0 Å². The molecule has 0 unspecified atom stereocenters. The van der Waals surface area contributed by atoms with Crippen molar-refractivity contribution in [2.75, 3.05) is 5.32 Å². The third-order valence-corrected chi connectivity index (χ3v) is 3.16. The zero-order valence-electron chi connectivity index (χ0n) is 11.6. The van der Waals surface area contributed by atoms with Gasteiger partial charge in [0, 0.05) is 6.20 Å². The Kier molecular flexibility index (Phi) is 4.02. The molecule has 3 aromatic rings. The van der Waals surface area contributed by atoms with Gasteiger partial charge in [0.05, 0.1) is 25.0 Å². The molecule has 0 fully saturated rings. The molecule has 108 valence electrons. The van der Waals surface area contributed by atoms with Crippen molar-refractivity contribution < 1.29 is 9.52 Å². The molecule has 0 radical (unpaired) electrons. The Bertz CT molecular complexity index is 688. The Morgan fingerprint density at radius 3 is 2.67 bits per heavy atom. The number of aliphatic hydroxyl groups excluding tert-OH is 1. The van der Waals surface area contributed by atoms with Crippen LogP contribution in [0.4, 0.5) is 5.69 Å². The summed E-state index contributed by atoms with van der Waals surface area (Å²) in [6.07, 6.45) is 3.75. The molecule has 0 aliphatic heterocycles. The molecule has 2 N–H and O–H groups in total. The first kappa shape index (κ1) is 13.5. The number of aliphatic hydroxyl groups is 1. The lowest BCUT2D eigenvalue weighted by Gasteiger charge is -2.02. The lowest BCUT2D eigenvalue weighted by Crippen LogP contribution is -2.00. The molecule has 1 aromatic carbocycles. The number of nitrogens with one attached hydrogen (secondary N) is 1. The molecule has 3 rings (SSSR count). The number of hydrogen-bond donors (Lipinski definition) is 2. The highest BCUT2D eigenvalue weighted by molar-refractivity contribution is 5.38. The standard InChI is InChI=1S/C16H17N3O2/c20-12-16-7-6-15(21-16)9-17-14-8-18-19(11-14)10-13-4-2-1-3-5-13/h1-8,11,17,20H,9-10,12H2. The van der Waals surface area contributed by atoms with Crippen LogP contribution in [-0.4, -0.2) is 14.9 Å². The van der Waals surface area contributed by atoms with Crippen molar-refractivity contribution in [3.63, 3.8) is 0 Å². The zero-order valence-corrected chi connectivity index (χ0v) is 11.6. The Balaban J connectivity index is 1.57. The fraction of sp³-hybridized carbons (Fsp3) is 0.188. The number of nitrogens with zero attached hydrogens (tertiary/aromatic N) is 2. The minimum Gasteiger partial charge on any atom is -0.462 e. The molecular weight excluding hydrogens is 266 g/mol. The predicted molar refractivity (Wildman–Crippen MR) is 79.7 cm³/mol. The second-order valence-corrected chi connectivity index (χ2v) is 4.79. The number of aromatic nitrogens is 2. The summed E-state index contributed by atoms with van der Waals surface area (Å²) in [4.78, 5) is 0. The Morgan fingerprint density at radius 2 is 1.90 bits per heavy atom. The summed E-state index contributed by atoms with van der Waals surface area (Å²) >= 11 is 0. The van der Waals surface area contributed by atoms with Gasteiger partial charge in [-0.15, -0.1) is 0 Å². The van der Waals surface area contributed by atoms with Gasteiger partial charge in [-0.2, -0.15) is 5.10 Å². The summed E-state index contributed by atoms with van der Waals surface area (Å²) in [5.41, 5.74) is 2.15. The van der Waals surface area contributed by atoms with Crippen LogP contribution in [0.2, 0.25) is 0 Å². The Hall–Kier alpha value is -2.53. The van der Waals surface area contributed by atoms with Gasteiger partial charge in [0.25, 0.3) is 0 Å². The van der Waals surface area contributed by atoms with Gasteiger partial charge in [-0.25, -0.2) is 0 Å². The highest BCUT2D eigenvalue weighted by Crippen LogP contribution is 2.12. The quantitative estimate of drug-likeness (QED) is 0.730. The van der Waals surface area contributed by atoms with Crippen LogP contribution >= 0.6 is 0 Å². The van der Waals surface area contributed by atoms with E-state index in [0.717, 1.165) is 18.0 Å². The van der Waals surface area contributed by atoms with Crippen molar-refractivity contribution in [1.29, 1.82) is 0 Å². The van der Waals surface area contributed by atoms with Crippen LogP contribution in [0.3, 0.4) is 0 Å². The molecule has 0 spiro atoms. The topological polar surface area (TPSA) is 63.2 Å². The second kappa shape index (κ2) is 6.28. The van der Waals surface area contributed by atoms with E-state index in [4.69, 9.17) is 9.52 Å². The van der Waals surface area contributed by atoms with Gasteiger partial charge in [0.1, 0.15) is 18.1 Å². The fourth-order valence-corrected chi connectivity index (χ4v) is 2.10. The third-order valence-electron chi connectivity index (χ3n) is 3.16. The van der Waals surface area contributed by atoms with Crippen molar-refractivity contribution in [2.24, 2.45) is 0 Å². The Labute approximate surface area is 122 Å². The average Bonchev–Trinajstić information content (AvgIpc) is 3.15. The lowest BCUT2D eigenvalue weighted by atomic mass is 10.2. The monoisotopic (exact) mass is 283 g/mol. The number of furan rings is 1. The largest absolute Gasteiger partial charge is 0.462 e. The van der Waals surface area contributed by atoms with Crippen LogP contribution in [0.25, 0.3) is 0 Å². The van der Waals surface area contributed by atoms with Crippen LogP contribution in [0.15, 0.2) is 59.3 Å². The summed E-state index contributed by atoms with van der Waals surface area (Å²) < 4.78 is 7.31. The first-order valence-electron chi connectivity index (χ1n) is 6.82. The summed E-state index contributed by atoms with van der Waals surface area (Å²) in [5.74, 6) is 1.36. The van der Waals surface area contributed by atoms with E-state index < -0.39 is 0 Å². The van der Waals surface area contributed by atoms with Crippen LogP contribution in [0.1, 0.15) is 17.1 Å². The summed E-state index contributed by atoms with van der Waals surface area (Å²) in [6.45, 7) is 1.24. The van der Waals surface area contributed by atoms with Gasteiger partial charge < -0.3 is 14.8 Å². The average molecular weight is 283 g/mol. The third kappa shape index (κ3) is 3.52. The van der Waals surface area contributed by atoms with Crippen molar-refractivity contribution >= 4 is 5.69 Å². The summed E-state index contributed by atoms with van der Waals surface area (Å²) in [6, 6.07) is 13.8. The number of rotatable bonds is 6. The first-order valence-corrected chi connectivity index (χ1v) is 6.82. The van der Waals surface area contributed by atoms with Crippen molar-refractivity contribution in [3.05, 3.63) is 71.9 Å². The van der Waals surface area contributed by atoms with Gasteiger partial charge in [-0.3, -0.25) is 4.68 Å². The number of anilines is 1. The van der Waals surface area contributed by atoms with Crippen molar-refractivity contribution in [3.8, 4) is 0 Å². The van der Waals surface area contributed by atoms with E-state index in [0.29, 0.717) is 12.3 Å². The minimum atomic E-state index is -0.0744. The van der Waals surface area contributed by atoms with Crippen molar-refractivity contribution in [1.82, 2.24) is 9.78 Å². The van der Waals surface area contributed by atoms with E-state index in [1.54, 1.807) is 12.3 Å². The van der Waals surface area contributed by atoms with E-state index >= 15 is 0 Å². The highest BCUT2D eigenvalue weighted by Gasteiger charge is 2.03. The Morgan fingerprint density at radius 1 is 1.10 bits per heavy atom. The van der Waals surface area contributed by atoms with E-state index in [1.165, 1.54) is 5.56 Å². The molecule has 2 aromatic heterocycles. The molecule has 2 heterocycles. The summed E-state index contributed by atoms with van der Waals surface area (Å²) in [5, 5.41) is 16.5. The SMILES string of the molecule is OCc1ccc(CNc2cnn(Cc3ccccc3)c2)o1. The van der Waals surface area contributed by atoms with Crippen LogP contribution in [-0.2, 0) is 19.7 Å². The molecule has 5 heteroatoms. The minimum absolute atomic E-state index is 0.0744. The predicted octanol–water partition coefficient (Wildman–Crippen LogP) is 2.63. The van der Waals surface area contributed by atoms with Crippen LogP contribution in [0, 0.1) is 0 Å². The van der Waals surface area contributed by atoms with E-state index in [9.17, 15) is 0 Å². The van der Waals surface area contributed by atoms with Gasteiger partial charge in [-0.1, -0.05) is 30.3 Å². The molecule has 21 heavy (non-hydrogen) atoms. The molecule has 0 aliphatic rings. The van der Waals surface area contributed by atoms with Crippen LogP contribution < -0.4 is 5.32 Å². The number of benzene rings is 1.